The number of benzene rings is 8. The van der Waals surface area contributed by atoms with E-state index in [9.17, 15) is 0 Å². The average Bonchev–Trinajstić information content (AvgIpc) is 3.90. The molecule has 0 spiro atoms. The summed E-state index contributed by atoms with van der Waals surface area (Å²) in [5.74, 6) is 0.741. The Labute approximate surface area is 361 Å². The zero-order valence-electron chi connectivity index (χ0n) is 34.0. The third-order valence-corrected chi connectivity index (χ3v) is 14.9. The summed E-state index contributed by atoms with van der Waals surface area (Å²) in [6, 6.07) is 65.3. The normalized spacial score (nSPS) is 17.4. The van der Waals surface area contributed by atoms with E-state index < -0.39 is 0 Å². The van der Waals surface area contributed by atoms with Gasteiger partial charge in [-0.25, -0.2) is 0 Å². The predicted molar refractivity (Wildman–Crippen MR) is 259 cm³/mol. The topological polar surface area (TPSA) is 16.4 Å². The lowest BCUT2D eigenvalue weighted by Gasteiger charge is -2.34. The van der Waals surface area contributed by atoms with E-state index in [1.54, 1.807) is 0 Å². The van der Waals surface area contributed by atoms with Crippen LogP contribution < -0.4 is 4.90 Å². The minimum absolute atomic E-state index is 0.166. The lowest BCUT2D eigenvalue weighted by Crippen LogP contribution is -2.20. The predicted octanol–water partition coefficient (Wildman–Crippen LogP) is 16.8. The Bertz CT molecular complexity index is 3190. The van der Waals surface area contributed by atoms with Gasteiger partial charge in [0.2, 0.25) is 0 Å². The molecule has 0 amide bonds. The maximum absolute atomic E-state index is 6.33. The number of allylic oxidation sites excluding steroid dienone is 3. The molecule has 2 atom stereocenters. The number of furan rings is 1. The SMILES string of the molecule is C1=CC(c2ccccc2N(c2ccccc2-c2ccc3oc4ccccc4c3c2)c2ccccc2-c2cccc3cccc(C4CCCCC4)c23)C2Sc3ccccc3C2=C1. The molecule has 9 aromatic rings. The van der Waals surface area contributed by atoms with Crippen LogP contribution in [0.15, 0.2) is 203 Å². The number of thioether (sulfide) groups is 1. The molecular formula is C58H45NOS. The van der Waals surface area contributed by atoms with Crippen LogP contribution >= 0.6 is 11.8 Å². The van der Waals surface area contributed by atoms with Crippen LogP contribution in [0.2, 0.25) is 0 Å². The standard InChI is InChI=1S/C58H45NOS/c1-2-17-38(18-3-1)42-26-14-19-39-20-15-27-47(57(39)42)43-22-5-10-31-52(43)59(51-30-9-4-21-41(51)40-35-36-55-50(37-40)45-24-7-12-33-54(45)60-55)53-32-11-6-23-44(53)48-28-16-29-49-46-25-8-13-34-56(46)61-58(48)49/h4-16,19-38,48,58H,1-3,17-18H2. The van der Waals surface area contributed by atoms with Gasteiger partial charge in [0.05, 0.1) is 17.1 Å². The molecule has 0 N–H and O–H groups in total. The Morgan fingerprint density at radius 2 is 1.16 bits per heavy atom. The maximum atomic E-state index is 6.33. The van der Waals surface area contributed by atoms with Crippen LogP contribution in [0.25, 0.3) is 60.5 Å². The molecule has 1 saturated carbocycles. The fourth-order valence-corrected chi connectivity index (χ4v) is 12.1. The second-order valence-electron chi connectivity index (χ2n) is 16.9. The van der Waals surface area contributed by atoms with E-state index in [1.165, 1.54) is 98.1 Å². The Balaban J connectivity index is 1.10. The summed E-state index contributed by atoms with van der Waals surface area (Å²) >= 11 is 2.01. The highest BCUT2D eigenvalue weighted by atomic mass is 32.2. The van der Waals surface area contributed by atoms with Crippen LogP contribution in [0.4, 0.5) is 17.1 Å². The summed E-state index contributed by atoms with van der Waals surface area (Å²) in [6.45, 7) is 0. The van der Waals surface area contributed by atoms with Crippen LogP contribution in [-0.2, 0) is 0 Å². The summed E-state index contributed by atoms with van der Waals surface area (Å²) in [5.41, 5.74) is 15.8. The van der Waals surface area contributed by atoms with Gasteiger partial charge in [0.25, 0.3) is 0 Å². The summed E-state index contributed by atoms with van der Waals surface area (Å²) in [7, 11) is 0. The van der Waals surface area contributed by atoms with Crippen molar-refractivity contribution in [3.05, 3.63) is 211 Å². The van der Waals surface area contributed by atoms with Crippen molar-refractivity contribution in [3.63, 3.8) is 0 Å². The molecule has 1 aromatic heterocycles. The van der Waals surface area contributed by atoms with E-state index >= 15 is 0 Å². The van der Waals surface area contributed by atoms with E-state index in [4.69, 9.17) is 4.42 Å². The minimum atomic E-state index is 0.166. The molecule has 294 valence electrons. The molecule has 0 saturated heterocycles. The van der Waals surface area contributed by atoms with Crippen molar-refractivity contribution in [2.45, 2.75) is 54.1 Å². The molecule has 2 nitrogen and oxygen atoms in total. The zero-order chi connectivity index (χ0) is 40.3. The van der Waals surface area contributed by atoms with Crippen LogP contribution in [0.5, 0.6) is 0 Å². The smallest absolute Gasteiger partial charge is 0.135 e. The largest absolute Gasteiger partial charge is 0.456 e. The Hall–Kier alpha value is -6.55. The molecule has 0 radical (unpaired) electrons. The van der Waals surface area contributed by atoms with Gasteiger partial charge in [0.15, 0.2) is 0 Å². The van der Waals surface area contributed by atoms with Crippen molar-refractivity contribution in [2.75, 3.05) is 4.90 Å². The van der Waals surface area contributed by atoms with Crippen LogP contribution in [-0.4, -0.2) is 5.25 Å². The first kappa shape index (κ1) is 36.3. The van der Waals surface area contributed by atoms with Crippen molar-refractivity contribution in [3.8, 4) is 22.3 Å². The van der Waals surface area contributed by atoms with Crippen molar-refractivity contribution in [1.82, 2.24) is 0 Å². The lowest BCUT2D eigenvalue weighted by molar-refractivity contribution is 0.445. The molecule has 1 aliphatic heterocycles. The van der Waals surface area contributed by atoms with E-state index in [2.05, 4.69) is 193 Å². The van der Waals surface area contributed by atoms with Crippen LogP contribution in [0.3, 0.4) is 0 Å². The summed E-state index contributed by atoms with van der Waals surface area (Å²) in [5, 5.41) is 5.26. The van der Waals surface area contributed by atoms with Crippen molar-refractivity contribution in [1.29, 1.82) is 0 Å². The highest BCUT2D eigenvalue weighted by Gasteiger charge is 2.37. The first-order chi connectivity index (χ1) is 30.3. The van der Waals surface area contributed by atoms with Gasteiger partial charge in [0.1, 0.15) is 11.2 Å². The van der Waals surface area contributed by atoms with Gasteiger partial charge in [0, 0.05) is 38.0 Å². The first-order valence-electron chi connectivity index (χ1n) is 21.9. The number of anilines is 3. The van der Waals surface area contributed by atoms with E-state index in [0.29, 0.717) is 5.92 Å². The molecular weight excluding hydrogens is 759 g/mol. The highest BCUT2D eigenvalue weighted by molar-refractivity contribution is 8.01. The summed E-state index contributed by atoms with van der Waals surface area (Å²) < 4.78 is 6.33. The van der Waals surface area contributed by atoms with Gasteiger partial charge < -0.3 is 9.32 Å². The number of nitrogens with zero attached hydrogens (tertiary/aromatic N) is 1. The molecule has 2 heterocycles. The van der Waals surface area contributed by atoms with Gasteiger partial charge >= 0.3 is 0 Å². The monoisotopic (exact) mass is 803 g/mol. The molecule has 61 heavy (non-hydrogen) atoms. The minimum Gasteiger partial charge on any atom is -0.456 e. The maximum Gasteiger partial charge on any atom is 0.135 e. The van der Waals surface area contributed by atoms with Crippen LogP contribution in [0, 0.1) is 0 Å². The Morgan fingerprint density at radius 3 is 2.03 bits per heavy atom. The quantitative estimate of drug-likeness (QED) is 0.160. The Kier molecular flexibility index (Phi) is 9.03. The van der Waals surface area contributed by atoms with Crippen molar-refractivity contribution < 1.29 is 4.42 Å². The van der Waals surface area contributed by atoms with Crippen LogP contribution in [0.1, 0.15) is 60.6 Å². The molecule has 3 heteroatoms. The second-order valence-corrected chi connectivity index (χ2v) is 18.1. The molecule has 3 aliphatic rings. The Morgan fingerprint density at radius 1 is 0.508 bits per heavy atom. The van der Waals surface area contributed by atoms with E-state index in [1.807, 2.05) is 17.8 Å². The number of para-hydroxylation sites is 4. The average molecular weight is 804 g/mol. The number of hydrogen-bond donors (Lipinski definition) is 0. The first-order valence-corrected chi connectivity index (χ1v) is 22.8. The fourth-order valence-electron chi connectivity index (χ4n) is 10.7. The number of rotatable bonds is 7. The van der Waals surface area contributed by atoms with E-state index in [-0.39, 0.29) is 11.2 Å². The fraction of sp³-hybridized carbons (Fsp3) is 0.138. The lowest BCUT2D eigenvalue weighted by atomic mass is 9.80. The number of hydrogen-bond acceptors (Lipinski definition) is 3. The summed E-state index contributed by atoms with van der Waals surface area (Å²) in [4.78, 5) is 3.95. The van der Waals surface area contributed by atoms with E-state index in [0.717, 1.165) is 33.2 Å². The van der Waals surface area contributed by atoms with Crippen molar-refractivity contribution in [2.24, 2.45) is 0 Å². The molecule has 8 aromatic carbocycles. The molecule has 2 aliphatic carbocycles. The zero-order valence-corrected chi connectivity index (χ0v) is 34.8. The second kappa shape index (κ2) is 15.2. The molecule has 1 fully saturated rings. The van der Waals surface area contributed by atoms with Gasteiger partial charge in [-0.15, -0.1) is 11.8 Å². The third-order valence-electron chi connectivity index (χ3n) is 13.5. The number of fused-ring (bicyclic) bond motifs is 7. The molecule has 12 rings (SSSR count). The highest BCUT2D eigenvalue weighted by Crippen LogP contribution is 2.55. The third kappa shape index (κ3) is 6.17. The summed E-state index contributed by atoms with van der Waals surface area (Å²) in [6.07, 6.45) is 13.5. The van der Waals surface area contributed by atoms with Gasteiger partial charge in [-0.3, -0.25) is 0 Å². The van der Waals surface area contributed by atoms with Gasteiger partial charge in [-0.2, -0.15) is 0 Å². The molecule has 0 bridgehead atoms. The van der Waals surface area contributed by atoms with Gasteiger partial charge in [-0.1, -0.05) is 171 Å². The van der Waals surface area contributed by atoms with Gasteiger partial charge in [-0.05, 0) is 105 Å². The molecule has 2 unspecified atom stereocenters. The van der Waals surface area contributed by atoms with Crippen molar-refractivity contribution >= 4 is 67.1 Å².